The predicted molar refractivity (Wildman–Crippen MR) is 107 cm³/mol. The highest BCUT2D eigenvalue weighted by Gasteiger charge is 2.43. The second kappa shape index (κ2) is 8.02. The number of carbonyl (C=O) groups is 2. The number of rotatable bonds is 4. The van der Waals surface area contributed by atoms with Crippen LogP contribution in [-0.4, -0.2) is 55.5 Å². The van der Waals surface area contributed by atoms with Crippen molar-refractivity contribution >= 4 is 11.8 Å². The lowest BCUT2D eigenvalue weighted by Crippen LogP contribution is -2.53. The van der Waals surface area contributed by atoms with Crippen LogP contribution in [0.25, 0.3) is 0 Å². The lowest BCUT2D eigenvalue weighted by Gasteiger charge is -2.39. The Bertz CT molecular complexity index is 759. The first-order chi connectivity index (χ1) is 13.3. The van der Waals surface area contributed by atoms with E-state index in [4.69, 9.17) is 9.47 Å². The van der Waals surface area contributed by atoms with Gasteiger partial charge in [0.05, 0.1) is 14.2 Å². The number of hydrogen-bond donors (Lipinski definition) is 0. The van der Waals surface area contributed by atoms with Crippen LogP contribution >= 0.6 is 0 Å². The summed E-state index contributed by atoms with van der Waals surface area (Å²) in [5.74, 6) is 1.70. The Kier molecular flexibility index (Phi) is 5.87. The minimum absolute atomic E-state index is 0.0536. The molecule has 2 heterocycles. The van der Waals surface area contributed by atoms with Crippen LogP contribution in [0.1, 0.15) is 44.7 Å². The summed E-state index contributed by atoms with van der Waals surface area (Å²) in [5.41, 5.74) is 1.16. The summed E-state index contributed by atoms with van der Waals surface area (Å²) in [6, 6.07) is 3.93. The third kappa shape index (κ3) is 3.82. The summed E-state index contributed by atoms with van der Waals surface area (Å²) < 4.78 is 10.8. The summed E-state index contributed by atoms with van der Waals surface area (Å²) >= 11 is 0. The molecule has 0 radical (unpaired) electrons. The largest absolute Gasteiger partial charge is 0.493 e. The molecule has 0 aromatic heterocycles. The average molecular weight is 389 g/mol. The van der Waals surface area contributed by atoms with E-state index >= 15 is 0 Å². The third-order valence-corrected chi connectivity index (χ3v) is 6.02. The van der Waals surface area contributed by atoms with E-state index in [1.165, 1.54) is 0 Å². The predicted octanol–water partition coefficient (Wildman–Crippen LogP) is 2.87. The van der Waals surface area contributed by atoms with E-state index in [2.05, 4.69) is 6.92 Å². The number of nitrogens with zero attached hydrogens (tertiary/aromatic N) is 2. The van der Waals surface area contributed by atoms with Crippen molar-refractivity contribution in [2.75, 3.05) is 33.9 Å². The van der Waals surface area contributed by atoms with Crippen molar-refractivity contribution in [2.24, 2.45) is 11.3 Å². The molecular weight excluding hydrogens is 356 g/mol. The first kappa shape index (κ1) is 20.5. The minimum Gasteiger partial charge on any atom is -0.493 e. The van der Waals surface area contributed by atoms with E-state index in [1.54, 1.807) is 33.0 Å². The molecule has 2 amide bonds. The van der Waals surface area contributed by atoms with Crippen LogP contribution in [0.2, 0.25) is 0 Å². The molecule has 3 rings (SSSR count). The SMILES string of the molecule is COc1cc2c(cc1OC)CN(C(=O)C(C)(C)C(=O)N1CCCC(C)C1)CC2. The molecule has 1 fully saturated rings. The average Bonchev–Trinajstić information content (AvgIpc) is 2.70. The van der Waals surface area contributed by atoms with Gasteiger partial charge in [-0.05, 0) is 62.3 Å². The van der Waals surface area contributed by atoms with Gasteiger partial charge in [0.2, 0.25) is 11.8 Å². The van der Waals surface area contributed by atoms with E-state index in [0.29, 0.717) is 30.5 Å². The fourth-order valence-corrected chi connectivity index (χ4v) is 4.31. The van der Waals surface area contributed by atoms with Crippen molar-refractivity contribution < 1.29 is 19.1 Å². The van der Waals surface area contributed by atoms with Crippen molar-refractivity contribution in [1.29, 1.82) is 0 Å². The number of benzene rings is 1. The number of hydrogen-bond acceptors (Lipinski definition) is 4. The fraction of sp³-hybridized carbons (Fsp3) is 0.636. The van der Waals surface area contributed by atoms with Gasteiger partial charge in [0.25, 0.3) is 0 Å². The van der Waals surface area contributed by atoms with Gasteiger partial charge < -0.3 is 19.3 Å². The van der Waals surface area contributed by atoms with Gasteiger partial charge in [-0.2, -0.15) is 0 Å². The molecule has 0 N–H and O–H groups in total. The highest BCUT2D eigenvalue weighted by atomic mass is 16.5. The second-order valence-corrected chi connectivity index (χ2v) is 8.58. The maximum Gasteiger partial charge on any atom is 0.238 e. The maximum atomic E-state index is 13.3. The molecule has 0 aliphatic carbocycles. The summed E-state index contributed by atoms with van der Waals surface area (Å²) in [5, 5.41) is 0. The number of likely N-dealkylation sites (tertiary alicyclic amines) is 1. The molecule has 2 aliphatic rings. The van der Waals surface area contributed by atoms with Crippen molar-refractivity contribution in [3.8, 4) is 11.5 Å². The molecule has 6 nitrogen and oxygen atoms in total. The Balaban J connectivity index is 1.76. The van der Waals surface area contributed by atoms with E-state index in [-0.39, 0.29) is 11.8 Å². The minimum atomic E-state index is -1.05. The van der Waals surface area contributed by atoms with E-state index in [1.807, 2.05) is 17.0 Å². The molecule has 28 heavy (non-hydrogen) atoms. The molecule has 1 saturated heterocycles. The Labute approximate surface area is 167 Å². The molecule has 0 saturated carbocycles. The molecule has 2 aliphatic heterocycles. The molecule has 0 bridgehead atoms. The normalized spacial score (nSPS) is 19.8. The monoisotopic (exact) mass is 388 g/mol. The highest BCUT2D eigenvalue weighted by molar-refractivity contribution is 6.04. The summed E-state index contributed by atoms with van der Waals surface area (Å²) in [7, 11) is 3.23. The van der Waals surface area contributed by atoms with Crippen LogP contribution in [-0.2, 0) is 22.6 Å². The van der Waals surface area contributed by atoms with Crippen LogP contribution in [0.15, 0.2) is 12.1 Å². The maximum absolute atomic E-state index is 13.3. The van der Waals surface area contributed by atoms with E-state index in [0.717, 1.165) is 43.5 Å². The third-order valence-electron chi connectivity index (χ3n) is 6.02. The standard InChI is InChI=1S/C22H32N2O4/c1-15-7-6-9-23(13-15)20(25)22(2,3)21(26)24-10-8-16-11-18(27-4)19(28-5)12-17(16)14-24/h11-12,15H,6-10,13-14H2,1-5H3. The van der Waals surface area contributed by atoms with Gasteiger partial charge in [-0.25, -0.2) is 0 Å². The molecule has 1 unspecified atom stereocenters. The smallest absolute Gasteiger partial charge is 0.238 e. The van der Waals surface area contributed by atoms with Crippen LogP contribution in [0.5, 0.6) is 11.5 Å². The van der Waals surface area contributed by atoms with Gasteiger partial charge in [0.1, 0.15) is 5.41 Å². The first-order valence-electron chi connectivity index (χ1n) is 10.1. The zero-order valence-corrected chi connectivity index (χ0v) is 17.7. The van der Waals surface area contributed by atoms with Crippen molar-refractivity contribution in [1.82, 2.24) is 9.80 Å². The zero-order valence-electron chi connectivity index (χ0n) is 17.7. The van der Waals surface area contributed by atoms with Gasteiger partial charge >= 0.3 is 0 Å². The Morgan fingerprint density at radius 2 is 1.61 bits per heavy atom. The molecule has 1 atom stereocenters. The van der Waals surface area contributed by atoms with Gasteiger partial charge in [-0.1, -0.05) is 6.92 Å². The van der Waals surface area contributed by atoms with E-state index < -0.39 is 5.41 Å². The van der Waals surface area contributed by atoms with E-state index in [9.17, 15) is 9.59 Å². The van der Waals surface area contributed by atoms with Crippen LogP contribution < -0.4 is 9.47 Å². The Morgan fingerprint density at radius 3 is 2.21 bits per heavy atom. The quantitative estimate of drug-likeness (QED) is 0.744. The second-order valence-electron chi connectivity index (χ2n) is 8.58. The number of carbonyl (C=O) groups excluding carboxylic acids is 2. The Morgan fingerprint density at radius 1 is 1.00 bits per heavy atom. The first-order valence-corrected chi connectivity index (χ1v) is 10.1. The summed E-state index contributed by atoms with van der Waals surface area (Å²) in [4.78, 5) is 30.1. The van der Waals surface area contributed by atoms with Crippen LogP contribution in [0, 0.1) is 11.3 Å². The number of fused-ring (bicyclic) bond motifs is 1. The number of piperidine rings is 1. The lowest BCUT2D eigenvalue weighted by atomic mass is 9.86. The topological polar surface area (TPSA) is 59.1 Å². The van der Waals surface area contributed by atoms with Crippen molar-refractivity contribution in [2.45, 2.75) is 46.6 Å². The van der Waals surface area contributed by atoms with Gasteiger partial charge in [-0.15, -0.1) is 0 Å². The van der Waals surface area contributed by atoms with Crippen LogP contribution in [0.4, 0.5) is 0 Å². The molecule has 1 aromatic rings. The fourth-order valence-electron chi connectivity index (χ4n) is 4.31. The van der Waals surface area contributed by atoms with Gasteiger partial charge in [-0.3, -0.25) is 9.59 Å². The van der Waals surface area contributed by atoms with Crippen molar-refractivity contribution in [3.63, 3.8) is 0 Å². The molecule has 6 heteroatoms. The summed E-state index contributed by atoms with van der Waals surface area (Å²) in [6.07, 6.45) is 2.90. The lowest BCUT2D eigenvalue weighted by molar-refractivity contribution is -0.155. The zero-order chi connectivity index (χ0) is 20.5. The highest BCUT2D eigenvalue weighted by Crippen LogP contribution is 2.35. The molecular formula is C22H32N2O4. The number of methoxy groups -OCH3 is 2. The molecule has 1 aromatic carbocycles. The summed E-state index contributed by atoms with van der Waals surface area (Å²) in [6.45, 7) is 8.28. The Hall–Kier alpha value is -2.24. The molecule has 0 spiro atoms. The number of amides is 2. The van der Waals surface area contributed by atoms with Gasteiger partial charge in [0.15, 0.2) is 11.5 Å². The molecule has 154 valence electrons. The number of ether oxygens (including phenoxy) is 2. The van der Waals surface area contributed by atoms with Crippen molar-refractivity contribution in [3.05, 3.63) is 23.3 Å². The van der Waals surface area contributed by atoms with Gasteiger partial charge in [0, 0.05) is 26.2 Å². The van der Waals surface area contributed by atoms with Crippen LogP contribution in [0.3, 0.4) is 0 Å².